The number of amides is 1. The van der Waals surface area contributed by atoms with Gasteiger partial charge in [0.1, 0.15) is 0 Å². The number of rotatable bonds is 5. The van der Waals surface area contributed by atoms with Gasteiger partial charge in [0.15, 0.2) is 0 Å². The molecule has 7 heteroatoms. The van der Waals surface area contributed by atoms with E-state index in [-0.39, 0.29) is 17.8 Å². The lowest BCUT2D eigenvalue weighted by atomic mass is 10.0. The molecule has 2 aromatic rings. The Labute approximate surface area is 124 Å². The summed E-state index contributed by atoms with van der Waals surface area (Å²) in [6.07, 6.45) is 2.41. The zero-order chi connectivity index (χ0) is 15.6. The second-order valence-electron chi connectivity index (χ2n) is 5.66. The first-order valence-electron chi connectivity index (χ1n) is 7.09. The molecule has 2 aromatic heterocycles. The van der Waals surface area contributed by atoms with Crippen molar-refractivity contribution in [2.24, 2.45) is 11.7 Å². The van der Waals surface area contributed by atoms with Crippen molar-refractivity contribution < 1.29 is 4.79 Å². The Balaban J connectivity index is 2.09. The Hall–Kier alpha value is -2.02. The predicted octanol–water partition coefficient (Wildman–Crippen LogP) is 0.878. The fourth-order valence-electron chi connectivity index (χ4n) is 1.95. The molecule has 0 fully saturated rings. The molecule has 2 heterocycles. The lowest BCUT2D eigenvalue weighted by Crippen LogP contribution is -2.35. The molecule has 1 amide bonds. The normalized spacial score (nSPS) is 12.9. The van der Waals surface area contributed by atoms with Crippen molar-refractivity contribution in [2.45, 2.75) is 33.2 Å². The van der Waals surface area contributed by atoms with E-state index >= 15 is 0 Å². The molecular weight excluding hydrogens is 268 g/mol. The summed E-state index contributed by atoms with van der Waals surface area (Å²) in [5.41, 5.74) is 6.89. The third-order valence-electron chi connectivity index (χ3n) is 3.62. The Morgan fingerprint density at radius 2 is 2.19 bits per heavy atom. The van der Waals surface area contributed by atoms with Crippen LogP contribution in [0.2, 0.25) is 0 Å². The largest absolute Gasteiger partial charge is 0.339 e. The van der Waals surface area contributed by atoms with Gasteiger partial charge in [-0.25, -0.2) is 9.50 Å². The predicted molar refractivity (Wildman–Crippen MR) is 79.9 cm³/mol. The molecule has 0 aliphatic rings. The van der Waals surface area contributed by atoms with Crippen molar-refractivity contribution in [1.29, 1.82) is 0 Å². The summed E-state index contributed by atoms with van der Waals surface area (Å²) in [5, 5.41) is 4.22. The minimum absolute atomic E-state index is 0.0817. The molecule has 0 aliphatic carbocycles. The first-order chi connectivity index (χ1) is 9.90. The minimum atomic E-state index is -0.212. The Morgan fingerprint density at radius 3 is 2.81 bits per heavy atom. The van der Waals surface area contributed by atoms with E-state index in [0.29, 0.717) is 18.2 Å². The molecule has 0 aromatic carbocycles. The number of hydrogen-bond donors (Lipinski definition) is 1. The number of nitrogens with zero attached hydrogens (tertiary/aromatic N) is 5. The molecule has 0 bridgehead atoms. The minimum Gasteiger partial charge on any atom is -0.339 e. The summed E-state index contributed by atoms with van der Waals surface area (Å²) in [7, 11) is 1.74. The topological polar surface area (TPSA) is 89.4 Å². The van der Waals surface area contributed by atoms with Crippen LogP contribution in [-0.2, 0) is 0 Å². The van der Waals surface area contributed by atoms with E-state index in [0.717, 1.165) is 12.1 Å². The zero-order valence-corrected chi connectivity index (χ0v) is 12.9. The summed E-state index contributed by atoms with van der Waals surface area (Å²) in [6.45, 7) is 6.62. The lowest BCUT2D eigenvalue weighted by Gasteiger charge is -2.20. The van der Waals surface area contributed by atoms with Crippen LogP contribution in [0.5, 0.6) is 0 Å². The first-order valence-corrected chi connectivity index (χ1v) is 7.09. The number of aromatic nitrogens is 4. The number of carbonyl (C=O) groups is 1. The quantitative estimate of drug-likeness (QED) is 0.883. The van der Waals surface area contributed by atoms with Gasteiger partial charge in [-0.2, -0.15) is 4.98 Å². The maximum absolute atomic E-state index is 12.3. The number of nitrogens with two attached hydrogens (primary N) is 1. The van der Waals surface area contributed by atoms with Gasteiger partial charge >= 0.3 is 0 Å². The van der Waals surface area contributed by atoms with Crippen molar-refractivity contribution in [3.05, 3.63) is 23.8 Å². The number of carbonyl (C=O) groups excluding carboxylic acids is 1. The summed E-state index contributed by atoms with van der Waals surface area (Å²) in [5.74, 6) is 0.785. The van der Waals surface area contributed by atoms with Crippen LogP contribution >= 0.6 is 0 Å². The van der Waals surface area contributed by atoms with Crippen molar-refractivity contribution in [3.63, 3.8) is 0 Å². The van der Waals surface area contributed by atoms with Crippen LogP contribution in [0.1, 0.15) is 36.6 Å². The van der Waals surface area contributed by atoms with Gasteiger partial charge in [-0.1, -0.05) is 13.8 Å². The van der Waals surface area contributed by atoms with Crippen LogP contribution in [0.25, 0.3) is 5.78 Å². The number of hydrogen-bond acceptors (Lipinski definition) is 5. The standard InChI is InChI=1S/C14H22N6O/c1-9(2)11(15)6-8-19(4)13(21)12-17-14-16-7-5-10(3)20(14)18-12/h5,7,9,11H,6,8,15H2,1-4H3. The van der Waals surface area contributed by atoms with E-state index in [1.165, 1.54) is 0 Å². The SMILES string of the molecule is Cc1ccnc2nc(C(=O)N(C)CCC(N)C(C)C)nn12. The van der Waals surface area contributed by atoms with Gasteiger partial charge in [0.05, 0.1) is 0 Å². The van der Waals surface area contributed by atoms with E-state index in [1.54, 1.807) is 22.7 Å². The number of aryl methyl sites for hydroxylation is 1. The second-order valence-corrected chi connectivity index (χ2v) is 5.66. The van der Waals surface area contributed by atoms with E-state index in [1.807, 2.05) is 13.0 Å². The van der Waals surface area contributed by atoms with Gasteiger partial charge in [-0.3, -0.25) is 4.79 Å². The molecule has 0 saturated heterocycles. The van der Waals surface area contributed by atoms with Gasteiger partial charge < -0.3 is 10.6 Å². The van der Waals surface area contributed by atoms with E-state index in [4.69, 9.17) is 5.73 Å². The molecule has 1 unspecified atom stereocenters. The summed E-state index contributed by atoms with van der Waals surface area (Å²) >= 11 is 0. The molecule has 0 saturated carbocycles. The molecule has 0 spiro atoms. The van der Waals surface area contributed by atoms with E-state index in [2.05, 4.69) is 28.9 Å². The smallest absolute Gasteiger partial charge is 0.293 e. The van der Waals surface area contributed by atoms with Crippen molar-refractivity contribution in [1.82, 2.24) is 24.5 Å². The number of fused-ring (bicyclic) bond motifs is 1. The molecule has 2 rings (SSSR count). The van der Waals surface area contributed by atoms with Crippen molar-refractivity contribution in [3.8, 4) is 0 Å². The molecule has 1 atom stereocenters. The Morgan fingerprint density at radius 1 is 1.48 bits per heavy atom. The van der Waals surface area contributed by atoms with Crippen LogP contribution in [-0.4, -0.2) is 50.0 Å². The molecule has 7 nitrogen and oxygen atoms in total. The Bertz CT molecular complexity index is 635. The average Bonchev–Trinajstić information content (AvgIpc) is 2.88. The first kappa shape index (κ1) is 15.4. The summed E-state index contributed by atoms with van der Waals surface area (Å²) < 4.78 is 1.57. The second kappa shape index (κ2) is 6.17. The molecule has 0 radical (unpaired) electrons. The third kappa shape index (κ3) is 3.36. The maximum Gasteiger partial charge on any atom is 0.293 e. The highest BCUT2D eigenvalue weighted by Gasteiger charge is 2.19. The average molecular weight is 290 g/mol. The highest BCUT2D eigenvalue weighted by Crippen LogP contribution is 2.07. The summed E-state index contributed by atoms with van der Waals surface area (Å²) in [4.78, 5) is 22.2. The fraction of sp³-hybridized carbons (Fsp3) is 0.571. The van der Waals surface area contributed by atoms with Gasteiger partial charge in [-0.15, -0.1) is 5.10 Å². The van der Waals surface area contributed by atoms with Gasteiger partial charge in [0.25, 0.3) is 11.7 Å². The van der Waals surface area contributed by atoms with Crippen LogP contribution in [0.3, 0.4) is 0 Å². The highest BCUT2D eigenvalue weighted by atomic mass is 16.2. The third-order valence-corrected chi connectivity index (χ3v) is 3.62. The van der Waals surface area contributed by atoms with Crippen LogP contribution < -0.4 is 5.73 Å². The van der Waals surface area contributed by atoms with E-state index < -0.39 is 0 Å². The lowest BCUT2D eigenvalue weighted by molar-refractivity contribution is 0.0777. The Kier molecular flexibility index (Phi) is 4.52. The van der Waals surface area contributed by atoms with Gasteiger partial charge in [0.2, 0.25) is 5.82 Å². The zero-order valence-electron chi connectivity index (χ0n) is 12.9. The summed E-state index contributed by atoms with van der Waals surface area (Å²) in [6, 6.07) is 1.90. The van der Waals surface area contributed by atoms with Crippen molar-refractivity contribution >= 4 is 11.7 Å². The molecule has 21 heavy (non-hydrogen) atoms. The van der Waals surface area contributed by atoms with Crippen LogP contribution in [0.15, 0.2) is 12.3 Å². The molecule has 114 valence electrons. The van der Waals surface area contributed by atoms with E-state index in [9.17, 15) is 4.79 Å². The van der Waals surface area contributed by atoms with Gasteiger partial charge in [0, 0.05) is 31.5 Å². The highest BCUT2D eigenvalue weighted by molar-refractivity contribution is 5.90. The fourth-order valence-corrected chi connectivity index (χ4v) is 1.95. The van der Waals surface area contributed by atoms with Crippen molar-refractivity contribution in [2.75, 3.05) is 13.6 Å². The molecular formula is C14H22N6O. The van der Waals surface area contributed by atoms with Crippen LogP contribution in [0.4, 0.5) is 0 Å². The maximum atomic E-state index is 12.3. The molecule has 2 N–H and O–H groups in total. The van der Waals surface area contributed by atoms with Crippen LogP contribution in [0, 0.1) is 12.8 Å². The monoisotopic (exact) mass is 290 g/mol. The molecule has 0 aliphatic heterocycles. The van der Waals surface area contributed by atoms with Gasteiger partial charge in [-0.05, 0) is 25.3 Å².